The van der Waals surface area contributed by atoms with Gasteiger partial charge in [-0.2, -0.15) is 0 Å². The van der Waals surface area contributed by atoms with E-state index in [9.17, 15) is 0 Å². The normalized spacial score (nSPS) is 18.2. The van der Waals surface area contributed by atoms with Gasteiger partial charge in [-0.15, -0.1) is 5.73 Å². The van der Waals surface area contributed by atoms with Crippen LogP contribution in [0.25, 0.3) is 17.2 Å². The van der Waals surface area contributed by atoms with E-state index in [0.717, 1.165) is 18.3 Å². The fraction of sp³-hybridized carbons (Fsp3) is 0.270. The molecule has 0 fully saturated rings. The molecule has 0 amide bonds. The van der Waals surface area contributed by atoms with E-state index in [1.165, 1.54) is 55.5 Å². The van der Waals surface area contributed by atoms with Crippen LogP contribution in [0, 0.1) is 19.8 Å². The first kappa shape index (κ1) is 29.0. The molecular weight excluding hydrogens is 455 g/mol. The first-order valence-electron chi connectivity index (χ1n) is 13.8. The van der Waals surface area contributed by atoms with Gasteiger partial charge in [0.25, 0.3) is 0 Å². The Morgan fingerprint density at radius 3 is 2.21 bits per heavy atom. The van der Waals surface area contributed by atoms with E-state index in [-0.39, 0.29) is 6.71 Å². The van der Waals surface area contributed by atoms with E-state index < -0.39 is 0 Å². The van der Waals surface area contributed by atoms with Crippen molar-refractivity contribution in [1.29, 1.82) is 0 Å². The van der Waals surface area contributed by atoms with Crippen LogP contribution in [0.2, 0.25) is 6.32 Å². The highest BCUT2D eigenvalue weighted by atomic mass is 14.2. The predicted molar refractivity (Wildman–Crippen MR) is 172 cm³/mol. The molecule has 1 aliphatic carbocycles. The first-order valence-corrected chi connectivity index (χ1v) is 13.8. The maximum Gasteiger partial charge on any atom is 0.224 e. The van der Waals surface area contributed by atoms with Crippen LogP contribution in [0.3, 0.4) is 0 Å². The summed E-state index contributed by atoms with van der Waals surface area (Å²) >= 11 is 0. The van der Waals surface area contributed by atoms with Crippen LogP contribution in [-0.2, 0) is 0 Å². The molecule has 0 saturated carbocycles. The molecule has 3 rings (SSSR count). The Balaban J connectivity index is 2.24. The van der Waals surface area contributed by atoms with E-state index in [1.54, 1.807) is 0 Å². The Hall–Kier alpha value is -3.54. The summed E-state index contributed by atoms with van der Waals surface area (Å²) in [7, 11) is 0. The van der Waals surface area contributed by atoms with Crippen LogP contribution < -0.4 is 5.46 Å². The van der Waals surface area contributed by atoms with Crippen molar-refractivity contribution in [2.24, 2.45) is 5.92 Å². The summed E-state index contributed by atoms with van der Waals surface area (Å²) in [6.45, 7) is 23.7. The van der Waals surface area contributed by atoms with Gasteiger partial charge < -0.3 is 0 Å². The zero-order valence-electron chi connectivity index (χ0n) is 24.5. The molecule has 194 valence electrons. The van der Waals surface area contributed by atoms with Crippen LogP contribution in [0.15, 0.2) is 120 Å². The van der Waals surface area contributed by atoms with Crippen molar-refractivity contribution in [1.82, 2.24) is 0 Å². The summed E-state index contributed by atoms with van der Waals surface area (Å²) in [6.07, 6.45) is 16.9. The first-order chi connectivity index (χ1) is 18.1. The molecule has 1 heteroatoms. The summed E-state index contributed by atoms with van der Waals surface area (Å²) in [5, 5.41) is 0. The molecule has 0 N–H and O–H groups in total. The number of hydrogen-bond donors (Lipinski definition) is 0. The minimum atomic E-state index is 0.201. The number of rotatable bonds is 8. The van der Waals surface area contributed by atoms with Crippen molar-refractivity contribution in [3.05, 3.63) is 136 Å². The highest BCUT2D eigenvalue weighted by Crippen LogP contribution is 2.30. The lowest BCUT2D eigenvalue weighted by Gasteiger charge is -2.25. The lowest BCUT2D eigenvalue weighted by molar-refractivity contribution is 0.710. The van der Waals surface area contributed by atoms with Gasteiger partial charge in [0.1, 0.15) is 0 Å². The largest absolute Gasteiger partial charge is 0.224 e. The van der Waals surface area contributed by atoms with E-state index >= 15 is 0 Å². The van der Waals surface area contributed by atoms with Crippen LogP contribution in [-0.4, -0.2) is 6.71 Å². The quantitative estimate of drug-likeness (QED) is 0.193. The Morgan fingerprint density at radius 1 is 0.974 bits per heavy atom. The van der Waals surface area contributed by atoms with Crippen molar-refractivity contribution in [2.75, 3.05) is 0 Å². The fourth-order valence-corrected chi connectivity index (χ4v) is 5.53. The molecule has 38 heavy (non-hydrogen) atoms. The van der Waals surface area contributed by atoms with Crippen LogP contribution in [0.1, 0.15) is 57.7 Å². The average molecular weight is 499 g/mol. The topological polar surface area (TPSA) is 0 Å². The molecule has 0 radical (unpaired) electrons. The van der Waals surface area contributed by atoms with Gasteiger partial charge in [-0.05, 0) is 93.5 Å². The molecular formula is C37H43B. The molecule has 0 aliphatic heterocycles. The van der Waals surface area contributed by atoms with E-state index in [2.05, 4.69) is 134 Å². The summed E-state index contributed by atoms with van der Waals surface area (Å²) in [6, 6.07) is 13.4. The van der Waals surface area contributed by atoms with Crippen molar-refractivity contribution >= 4 is 18.3 Å². The molecule has 0 nitrogen and oxygen atoms in total. The minimum absolute atomic E-state index is 0.201. The van der Waals surface area contributed by atoms with Gasteiger partial charge >= 0.3 is 0 Å². The Bertz CT molecular complexity index is 1350. The second-order valence-corrected chi connectivity index (χ2v) is 10.9. The van der Waals surface area contributed by atoms with Crippen LogP contribution in [0.5, 0.6) is 0 Å². The SMILES string of the molecule is C=C/C=C(/C)C(=C=C(C)C)B(C/C1=C(C)/C=C\C=CC(C)C1)c1c(C)cc(-c2ccc(C=C)cc2)cc1C. The molecule has 0 saturated heterocycles. The third-order valence-electron chi connectivity index (χ3n) is 7.42. The van der Waals surface area contributed by atoms with E-state index in [0.29, 0.717) is 5.92 Å². The highest BCUT2D eigenvalue weighted by molar-refractivity contribution is 6.81. The van der Waals surface area contributed by atoms with Crippen molar-refractivity contribution < 1.29 is 0 Å². The number of allylic oxidation sites excluding steroid dienone is 10. The monoisotopic (exact) mass is 498 g/mol. The van der Waals surface area contributed by atoms with Gasteiger partial charge in [0, 0.05) is 0 Å². The van der Waals surface area contributed by atoms with Gasteiger partial charge in [0.15, 0.2) is 0 Å². The zero-order chi connectivity index (χ0) is 27.8. The maximum absolute atomic E-state index is 3.99. The second kappa shape index (κ2) is 13.3. The smallest absolute Gasteiger partial charge is 0.128 e. The number of benzene rings is 2. The van der Waals surface area contributed by atoms with Gasteiger partial charge in [-0.25, -0.2) is 0 Å². The van der Waals surface area contributed by atoms with Gasteiger partial charge in [0.2, 0.25) is 6.71 Å². The number of hydrogen-bond acceptors (Lipinski definition) is 0. The summed E-state index contributed by atoms with van der Waals surface area (Å²) < 4.78 is 0. The van der Waals surface area contributed by atoms with E-state index in [1.807, 2.05) is 12.2 Å². The molecule has 2 aromatic rings. The Labute approximate surface area is 232 Å². The maximum atomic E-state index is 3.99. The van der Waals surface area contributed by atoms with Gasteiger partial charge in [-0.1, -0.05) is 127 Å². The zero-order valence-corrected chi connectivity index (χ0v) is 24.5. The van der Waals surface area contributed by atoms with Crippen molar-refractivity contribution in [2.45, 2.75) is 61.2 Å². The lowest BCUT2D eigenvalue weighted by atomic mass is 9.34. The molecule has 0 heterocycles. The van der Waals surface area contributed by atoms with Crippen LogP contribution in [0.4, 0.5) is 0 Å². The van der Waals surface area contributed by atoms with Gasteiger partial charge in [0.05, 0.1) is 0 Å². The van der Waals surface area contributed by atoms with E-state index in [4.69, 9.17) is 0 Å². The second-order valence-electron chi connectivity index (χ2n) is 10.9. The third kappa shape index (κ3) is 7.28. The van der Waals surface area contributed by atoms with Crippen LogP contribution >= 0.6 is 0 Å². The summed E-state index contributed by atoms with van der Waals surface area (Å²) in [4.78, 5) is 0. The molecule has 1 atom stereocenters. The standard InChI is InChI=1S/C37H43B/c1-10-14-29(7)36(21-26(3)4)38(25-35-22-27(5)15-12-13-16-28(35)6)37-30(8)23-34(24-31(37)9)33-19-17-32(11-2)18-20-33/h10-20,23-24,27H,1-2,22,25H2,3-9H3/b15-12?,16-13-,29-14-,35-28+. The third-order valence-corrected chi connectivity index (χ3v) is 7.42. The fourth-order valence-electron chi connectivity index (χ4n) is 5.53. The molecule has 0 bridgehead atoms. The Morgan fingerprint density at radius 2 is 1.63 bits per heavy atom. The molecule has 0 spiro atoms. The van der Waals surface area contributed by atoms with Crippen molar-refractivity contribution in [3.63, 3.8) is 0 Å². The lowest BCUT2D eigenvalue weighted by Crippen LogP contribution is -2.37. The minimum Gasteiger partial charge on any atom is -0.128 e. The predicted octanol–water partition coefficient (Wildman–Crippen LogP) is 9.95. The summed E-state index contributed by atoms with van der Waals surface area (Å²) in [5.41, 5.74) is 18.0. The molecule has 1 unspecified atom stereocenters. The Kier molecular flexibility index (Phi) is 10.2. The highest BCUT2D eigenvalue weighted by Gasteiger charge is 2.28. The summed E-state index contributed by atoms with van der Waals surface area (Å²) in [5.74, 6) is 0.509. The average Bonchev–Trinajstić information content (AvgIpc) is 2.87. The van der Waals surface area contributed by atoms with Gasteiger partial charge in [-0.3, -0.25) is 0 Å². The van der Waals surface area contributed by atoms with Crippen molar-refractivity contribution in [3.8, 4) is 11.1 Å². The molecule has 1 aliphatic rings. The molecule has 2 aromatic carbocycles. The number of aryl methyl sites for hydroxylation is 2. The molecule has 0 aromatic heterocycles.